The fourth-order valence-corrected chi connectivity index (χ4v) is 3.88. The van der Waals surface area contributed by atoms with Crippen LogP contribution in [0.15, 0.2) is 24.3 Å². The van der Waals surface area contributed by atoms with Crippen LogP contribution >= 0.6 is 0 Å². The Morgan fingerprint density at radius 2 is 1.90 bits per heavy atom. The first-order valence-corrected chi connectivity index (χ1v) is 8.45. The molecule has 1 saturated carbocycles. The van der Waals surface area contributed by atoms with Crippen LogP contribution in [0, 0.1) is 5.41 Å². The molecule has 0 saturated heterocycles. The van der Waals surface area contributed by atoms with Crippen LogP contribution in [0.4, 0.5) is 0 Å². The number of hydrogen-bond donors (Lipinski definition) is 1. The number of benzene rings is 1. The summed E-state index contributed by atoms with van der Waals surface area (Å²) < 4.78 is 6.20. The van der Waals surface area contributed by atoms with Crippen LogP contribution in [0.1, 0.15) is 58.4 Å². The second kappa shape index (κ2) is 5.64. The maximum atomic E-state index is 6.20. The van der Waals surface area contributed by atoms with Crippen molar-refractivity contribution in [2.75, 3.05) is 6.54 Å². The molecule has 1 aliphatic heterocycles. The minimum absolute atomic E-state index is 0.203. The van der Waals surface area contributed by atoms with Crippen LogP contribution in [-0.4, -0.2) is 18.2 Å². The van der Waals surface area contributed by atoms with Gasteiger partial charge in [-0.25, -0.2) is 0 Å². The Morgan fingerprint density at radius 3 is 2.57 bits per heavy atom. The molecule has 0 amide bonds. The number of fused-ring (bicyclic) bond motifs is 1. The summed E-state index contributed by atoms with van der Waals surface area (Å²) in [6.07, 6.45) is 8.13. The van der Waals surface area contributed by atoms with E-state index in [1.165, 1.54) is 37.7 Å². The molecule has 2 nitrogen and oxygen atoms in total. The van der Waals surface area contributed by atoms with Gasteiger partial charge in [0.25, 0.3) is 0 Å². The molecule has 116 valence electrons. The highest BCUT2D eigenvalue weighted by Gasteiger charge is 2.39. The summed E-state index contributed by atoms with van der Waals surface area (Å²) in [7, 11) is 0. The second-order valence-electron chi connectivity index (χ2n) is 8.07. The summed E-state index contributed by atoms with van der Waals surface area (Å²) in [5.41, 5.74) is 2.04. The minimum Gasteiger partial charge on any atom is -0.490 e. The third-order valence-corrected chi connectivity index (χ3v) is 5.03. The van der Waals surface area contributed by atoms with Gasteiger partial charge in [-0.15, -0.1) is 0 Å². The van der Waals surface area contributed by atoms with E-state index in [4.69, 9.17) is 4.74 Å². The molecule has 0 radical (unpaired) electrons. The molecule has 1 aliphatic carbocycles. The lowest BCUT2D eigenvalue weighted by atomic mass is 9.79. The zero-order valence-electron chi connectivity index (χ0n) is 13.7. The predicted octanol–water partition coefficient (Wildman–Crippen LogP) is 4.33. The van der Waals surface area contributed by atoms with Crippen LogP contribution < -0.4 is 10.1 Å². The predicted molar refractivity (Wildman–Crippen MR) is 87.8 cm³/mol. The van der Waals surface area contributed by atoms with E-state index in [2.05, 4.69) is 50.4 Å². The minimum atomic E-state index is 0.203. The molecule has 1 heterocycles. The van der Waals surface area contributed by atoms with Crippen molar-refractivity contribution in [2.24, 2.45) is 5.41 Å². The third kappa shape index (κ3) is 3.60. The molecule has 1 atom stereocenters. The summed E-state index contributed by atoms with van der Waals surface area (Å²) in [5, 5.41) is 3.74. The van der Waals surface area contributed by atoms with E-state index < -0.39 is 0 Å². The quantitative estimate of drug-likeness (QED) is 0.890. The molecule has 0 spiro atoms. The number of para-hydroxylation sites is 1. The highest BCUT2D eigenvalue weighted by atomic mass is 16.5. The van der Waals surface area contributed by atoms with E-state index >= 15 is 0 Å². The van der Waals surface area contributed by atoms with Gasteiger partial charge in [0.2, 0.25) is 0 Å². The Labute approximate surface area is 129 Å². The molecule has 1 N–H and O–H groups in total. The van der Waals surface area contributed by atoms with E-state index in [9.17, 15) is 0 Å². The Hall–Kier alpha value is -1.02. The summed E-state index contributed by atoms with van der Waals surface area (Å²) in [6, 6.07) is 8.53. The van der Waals surface area contributed by atoms with Gasteiger partial charge >= 0.3 is 0 Å². The van der Waals surface area contributed by atoms with Crippen molar-refractivity contribution >= 4 is 0 Å². The van der Waals surface area contributed by atoms with Crippen molar-refractivity contribution in [1.82, 2.24) is 5.32 Å². The van der Waals surface area contributed by atoms with Gasteiger partial charge < -0.3 is 10.1 Å². The largest absolute Gasteiger partial charge is 0.490 e. The molecule has 1 unspecified atom stereocenters. The lowest BCUT2D eigenvalue weighted by Crippen LogP contribution is -2.44. The zero-order valence-corrected chi connectivity index (χ0v) is 13.7. The number of rotatable bonds is 4. The molecule has 1 aromatic rings. The fraction of sp³-hybridized carbons (Fsp3) is 0.684. The van der Waals surface area contributed by atoms with E-state index in [1.807, 2.05) is 0 Å². The maximum absolute atomic E-state index is 6.20. The number of ether oxygens (including phenoxy) is 1. The van der Waals surface area contributed by atoms with Crippen LogP contribution in [0.5, 0.6) is 5.75 Å². The fourth-order valence-electron chi connectivity index (χ4n) is 3.88. The van der Waals surface area contributed by atoms with E-state index in [1.54, 1.807) is 0 Å². The first-order chi connectivity index (χ1) is 9.96. The lowest BCUT2D eigenvalue weighted by molar-refractivity contribution is 0.127. The smallest absolute Gasteiger partial charge is 0.123 e. The lowest BCUT2D eigenvalue weighted by Gasteiger charge is -2.35. The zero-order chi connectivity index (χ0) is 14.9. The molecule has 0 bridgehead atoms. The highest BCUT2D eigenvalue weighted by molar-refractivity contribution is 5.37. The Balaban J connectivity index is 1.64. The van der Waals surface area contributed by atoms with Crippen molar-refractivity contribution in [3.8, 4) is 5.75 Å². The van der Waals surface area contributed by atoms with Crippen LogP contribution in [0.3, 0.4) is 0 Å². The molecule has 0 aromatic heterocycles. The van der Waals surface area contributed by atoms with Gasteiger partial charge in [0.15, 0.2) is 0 Å². The Morgan fingerprint density at radius 1 is 1.19 bits per heavy atom. The van der Waals surface area contributed by atoms with Gasteiger partial charge in [0.1, 0.15) is 11.9 Å². The van der Waals surface area contributed by atoms with Crippen molar-refractivity contribution in [3.63, 3.8) is 0 Å². The third-order valence-electron chi connectivity index (χ3n) is 5.03. The standard InChI is InChI=1S/C19H29NO/c1-18(2,3)20-14-19(10-6-7-11-19)13-16-12-15-8-4-5-9-17(15)21-16/h4-5,8-9,16,20H,6-7,10-14H2,1-3H3. The van der Waals surface area contributed by atoms with Crippen molar-refractivity contribution in [2.45, 2.75) is 70.9 Å². The number of hydrogen-bond acceptors (Lipinski definition) is 2. The van der Waals surface area contributed by atoms with E-state index in [0.717, 1.165) is 18.7 Å². The Kier molecular flexibility index (Phi) is 4.00. The summed E-state index contributed by atoms with van der Waals surface area (Å²) >= 11 is 0. The molecule has 21 heavy (non-hydrogen) atoms. The van der Waals surface area contributed by atoms with Gasteiger partial charge in [-0.3, -0.25) is 0 Å². The molecule has 2 heteroatoms. The summed E-state index contributed by atoms with van der Waals surface area (Å²) in [4.78, 5) is 0. The van der Waals surface area contributed by atoms with E-state index in [0.29, 0.717) is 11.5 Å². The topological polar surface area (TPSA) is 21.3 Å². The maximum Gasteiger partial charge on any atom is 0.123 e. The first kappa shape index (κ1) is 14.9. The first-order valence-electron chi connectivity index (χ1n) is 8.45. The molecular weight excluding hydrogens is 258 g/mol. The van der Waals surface area contributed by atoms with E-state index in [-0.39, 0.29) is 5.54 Å². The molecule has 1 aromatic carbocycles. The Bertz CT molecular complexity index is 458. The van der Waals surface area contributed by atoms with Gasteiger partial charge in [0.05, 0.1) is 0 Å². The SMILES string of the molecule is CC(C)(C)NCC1(CC2Cc3ccccc3O2)CCCC1. The average Bonchev–Trinajstić information content (AvgIpc) is 3.02. The average molecular weight is 287 g/mol. The van der Waals surface area contributed by atoms with Crippen molar-refractivity contribution in [3.05, 3.63) is 29.8 Å². The highest BCUT2D eigenvalue weighted by Crippen LogP contribution is 2.44. The molecular formula is C19H29NO. The van der Waals surface area contributed by atoms with Crippen LogP contribution in [0.2, 0.25) is 0 Å². The number of nitrogens with one attached hydrogen (secondary N) is 1. The molecule has 1 fully saturated rings. The second-order valence-corrected chi connectivity index (χ2v) is 8.07. The molecule has 3 rings (SSSR count). The normalized spacial score (nSPS) is 23.9. The van der Waals surface area contributed by atoms with Gasteiger partial charge in [0, 0.05) is 18.5 Å². The van der Waals surface area contributed by atoms with Gasteiger partial charge in [-0.05, 0) is 57.1 Å². The molecule has 2 aliphatic rings. The summed E-state index contributed by atoms with van der Waals surface area (Å²) in [6.45, 7) is 7.92. The van der Waals surface area contributed by atoms with Crippen molar-refractivity contribution < 1.29 is 4.74 Å². The van der Waals surface area contributed by atoms with Crippen LogP contribution in [0.25, 0.3) is 0 Å². The van der Waals surface area contributed by atoms with Gasteiger partial charge in [-0.2, -0.15) is 0 Å². The van der Waals surface area contributed by atoms with Crippen LogP contribution in [-0.2, 0) is 6.42 Å². The van der Waals surface area contributed by atoms with Gasteiger partial charge in [-0.1, -0.05) is 31.0 Å². The summed E-state index contributed by atoms with van der Waals surface area (Å²) in [5.74, 6) is 1.11. The monoisotopic (exact) mass is 287 g/mol. The van der Waals surface area contributed by atoms with Crippen molar-refractivity contribution in [1.29, 1.82) is 0 Å².